The molecule has 2 amide bonds. The van der Waals surface area contributed by atoms with Gasteiger partial charge in [0.1, 0.15) is 6.42 Å². The highest BCUT2D eigenvalue weighted by atomic mass is 32.2. The number of nitrogens with one attached hydrogen (secondary N) is 1. The van der Waals surface area contributed by atoms with E-state index in [1.807, 2.05) is 0 Å². The molecule has 0 saturated carbocycles. The smallest absolute Gasteiger partial charge is 0.305 e. The molecule has 0 fully saturated rings. The van der Waals surface area contributed by atoms with Gasteiger partial charge in [-0.05, 0) is 0 Å². The number of alkyl halides is 3. The molecule has 1 aliphatic rings. The standard InChI is InChI=1S/C7H7F3N2O2S/c8-7(9,10)1-2-15-6-11-4(13)3-5(14)12-6/h1-3H2,(H,11,12,13,14). The summed E-state index contributed by atoms with van der Waals surface area (Å²) in [6, 6.07) is 0. The molecular weight excluding hydrogens is 233 g/mol. The maximum absolute atomic E-state index is 11.8. The van der Waals surface area contributed by atoms with Gasteiger partial charge in [0.15, 0.2) is 5.17 Å². The van der Waals surface area contributed by atoms with Crippen molar-refractivity contribution >= 4 is 28.7 Å². The van der Waals surface area contributed by atoms with Crippen LogP contribution in [-0.4, -0.2) is 28.9 Å². The van der Waals surface area contributed by atoms with E-state index in [-0.39, 0.29) is 17.3 Å². The van der Waals surface area contributed by atoms with Crippen LogP contribution < -0.4 is 5.32 Å². The summed E-state index contributed by atoms with van der Waals surface area (Å²) in [5.74, 6) is -1.44. The van der Waals surface area contributed by atoms with E-state index in [1.54, 1.807) is 0 Å². The van der Waals surface area contributed by atoms with Gasteiger partial charge in [-0.3, -0.25) is 9.59 Å². The molecule has 0 saturated heterocycles. The van der Waals surface area contributed by atoms with Gasteiger partial charge in [0.05, 0.1) is 6.42 Å². The summed E-state index contributed by atoms with van der Waals surface area (Å²) in [5, 5.41) is 2.16. The first-order valence-electron chi connectivity index (χ1n) is 3.98. The monoisotopic (exact) mass is 240 g/mol. The molecule has 0 aromatic heterocycles. The minimum absolute atomic E-state index is 0.0551. The van der Waals surface area contributed by atoms with E-state index in [0.29, 0.717) is 11.8 Å². The Bertz CT molecular complexity index is 314. The maximum atomic E-state index is 11.8. The van der Waals surface area contributed by atoms with Gasteiger partial charge >= 0.3 is 6.18 Å². The number of carbonyl (C=O) groups is 2. The summed E-state index contributed by atoms with van der Waals surface area (Å²) in [5.41, 5.74) is 0. The van der Waals surface area contributed by atoms with Crippen LogP contribution in [0.3, 0.4) is 0 Å². The number of amidine groups is 1. The fourth-order valence-corrected chi connectivity index (χ4v) is 1.69. The van der Waals surface area contributed by atoms with Crippen molar-refractivity contribution in [3.8, 4) is 0 Å². The molecule has 1 N–H and O–H groups in total. The molecule has 8 heteroatoms. The molecule has 0 spiro atoms. The summed E-state index contributed by atoms with van der Waals surface area (Å²) in [7, 11) is 0. The van der Waals surface area contributed by atoms with Gasteiger partial charge < -0.3 is 5.32 Å². The number of halogens is 3. The zero-order valence-corrected chi connectivity index (χ0v) is 8.24. The molecule has 0 aromatic carbocycles. The predicted molar refractivity (Wildman–Crippen MR) is 48.3 cm³/mol. The van der Waals surface area contributed by atoms with Crippen molar-refractivity contribution in [3.63, 3.8) is 0 Å². The van der Waals surface area contributed by atoms with Gasteiger partial charge in [-0.15, -0.1) is 0 Å². The van der Waals surface area contributed by atoms with Crippen LogP contribution in [0, 0.1) is 0 Å². The largest absolute Gasteiger partial charge is 0.389 e. The Labute approximate surface area is 87.3 Å². The van der Waals surface area contributed by atoms with Gasteiger partial charge in [0.2, 0.25) is 5.91 Å². The van der Waals surface area contributed by atoms with Crippen LogP contribution in [0.25, 0.3) is 0 Å². The Morgan fingerprint density at radius 3 is 2.60 bits per heavy atom. The zero-order valence-electron chi connectivity index (χ0n) is 7.43. The third-order valence-corrected chi connectivity index (χ3v) is 2.28. The summed E-state index contributed by atoms with van der Waals surface area (Å²) in [6.45, 7) is 0. The lowest BCUT2D eigenvalue weighted by molar-refractivity contribution is -0.130. The Hall–Kier alpha value is -1.05. The van der Waals surface area contributed by atoms with E-state index < -0.39 is 24.4 Å². The fourth-order valence-electron chi connectivity index (χ4n) is 0.813. The van der Waals surface area contributed by atoms with Crippen molar-refractivity contribution in [2.45, 2.75) is 19.0 Å². The fraction of sp³-hybridized carbons (Fsp3) is 0.571. The van der Waals surface area contributed by atoms with Crippen LogP contribution in [0.4, 0.5) is 13.2 Å². The second-order valence-corrected chi connectivity index (χ2v) is 3.83. The number of rotatable bonds is 2. The van der Waals surface area contributed by atoms with Crippen molar-refractivity contribution in [2.24, 2.45) is 4.99 Å². The number of hydrogen-bond acceptors (Lipinski definition) is 3. The zero-order chi connectivity index (χ0) is 11.5. The van der Waals surface area contributed by atoms with Crippen molar-refractivity contribution in [1.29, 1.82) is 0 Å². The van der Waals surface area contributed by atoms with Crippen LogP contribution in [0.1, 0.15) is 12.8 Å². The highest BCUT2D eigenvalue weighted by molar-refractivity contribution is 8.13. The average molecular weight is 240 g/mol. The van der Waals surface area contributed by atoms with Crippen LogP contribution in [0.5, 0.6) is 0 Å². The van der Waals surface area contributed by atoms with Crippen molar-refractivity contribution in [2.75, 3.05) is 5.75 Å². The van der Waals surface area contributed by atoms with E-state index >= 15 is 0 Å². The molecule has 1 rings (SSSR count). The normalized spacial score (nSPS) is 17.4. The first-order chi connectivity index (χ1) is 6.87. The summed E-state index contributed by atoms with van der Waals surface area (Å²) in [6.07, 6.45) is -5.57. The highest BCUT2D eigenvalue weighted by Gasteiger charge is 2.27. The molecule has 0 aliphatic carbocycles. The van der Waals surface area contributed by atoms with E-state index in [2.05, 4.69) is 10.3 Å². The molecule has 1 aliphatic heterocycles. The number of aliphatic imine (C=N–C) groups is 1. The number of thioether (sulfide) groups is 1. The van der Waals surface area contributed by atoms with Crippen LogP contribution in [0.2, 0.25) is 0 Å². The second-order valence-electron chi connectivity index (χ2n) is 2.75. The topological polar surface area (TPSA) is 58.5 Å². The SMILES string of the molecule is O=C1CC(=O)NC(SCCC(F)(F)F)=N1. The lowest BCUT2D eigenvalue weighted by atomic mass is 10.4. The van der Waals surface area contributed by atoms with Crippen molar-refractivity contribution in [3.05, 3.63) is 0 Å². The van der Waals surface area contributed by atoms with Gasteiger partial charge in [-0.25, -0.2) is 0 Å². The number of amides is 2. The Kier molecular flexibility index (Phi) is 3.72. The number of hydrogen-bond donors (Lipinski definition) is 1. The molecule has 15 heavy (non-hydrogen) atoms. The first-order valence-corrected chi connectivity index (χ1v) is 4.96. The maximum Gasteiger partial charge on any atom is 0.389 e. The van der Waals surface area contributed by atoms with Gasteiger partial charge in [0, 0.05) is 5.75 Å². The molecule has 0 atom stereocenters. The molecular formula is C7H7F3N2O2S. The van der Waals surface area contributed by atoms with E-state index in [0.717, 1.165) is 0 Å². The summed E-state index contributed by atoms with van der Waals surface area (Å²) in [4.78, 5) is 24.9. The summed E-state index contributed by atoms with van der Waals surface area (Å²) >= 11 is 0.709. The molecule has 1 heterocycles. The molecule has 0 bridgehead atoms. The Morgan fingerprint density at radius 1 is 1.40 bits per heavy atom. The molecule has 0 unspecified atom stereocenters. The molecule has 0 radical (unpaired) electrons. The quantitative estimate of drug-likeness (QED) is 0.734. The second kappa shape index (κ2) is 4.65. The van der Waals surface area contributed by atoms with Gasteiger partial charge in [0.25, 0.3) is 5.91 Å². The Morgan fingerprint density at radius 2 is 2.07 bits per heavy atom. The third-order valence-electron chi connectivity index (χ3n) is 1.41. The predicted octanol–water partition coefficient (Wildman–Crippen LogP) is 1.07. The van der Waals surface area contributed by atoms with Crippen LogP contribution in [0.15, 0.2) is 4.99 Å². The lowest BCUT2D eigenvalue weighted by Crippen LogP contribution is -2.35. The van der Waals surface area contributed by atoms with E-state index in [1.165, 1.54) is 0 Å². The lowest BCUT2D eigenvalue weighted by Gasteiger charge is -2.11. The minimum Gasteiger partial charge on any atom is -0.305 e. The molecule has 84 valence electrons. The van der Waals surface area contributed by atoms with E-state index in [9.17, 15) is 22.8 Å². The van der Waals surface area contributed by atoms with Crippen molar-refractivity contribution < 1.29 is 22.8 Å². The van der Waals surface area contributed by atoms with Crippen LogP contribution >= 0.6 is 11.8 Å². The van der Waals surface area contributed by atoms with E-state index in [4.69, 9.17) is 0 Å². The summed E-state index contributed by atoms with van der Waals surface area (Å²) < 4.78 is 35.3. The van der Waals surface area contributed by atoms with Crippen molar-refractivity contribution in [1.82, 2.24) is 5.32 Å². The van der Waals surface area contributed by atoms with Crippen LogP contribution in [-0.2, 0) is 9.59 Å². The minimum atomic E-state index is -4.24. The Balaban J connectivity index is 2.39. The highest BCUT2D eigenvalue weighted by Crippen LogP contribution is 2.22. The average Bonchev–Trinajstić information content (AvgIpc) is 1.99. The number of carbonyl (C=O) groups excluding carboxylic acids is 2. The van der Waals surface area contributed by atoms with Gasteiger partial charge in [-0.1, -0.05) is 11.8 Å². The molecule has 0 aromatic rings. The number of nitrogens with zero attached hydrogens (tertiary/aromatic N) is 1. The molecule has 4 nitrogen and oxygen atoms in total. The third kappa shape index (κ3) is 4.82. The van der Waals surface area contributed by atoms with Gasteiger partial charge in [-0.2, -0.15) is 18.2 Å². The first kappa shape index (κ1) is 12.0.